The highest BCUT2D eigenvalue weighted by atomic mass is 19.3. The Labute approximate surface area is 221 Å². The van der Waals surface area contributed by atoms with Crippen molar-refractivity contribution < 1.29 is 23.1 Å². The summed E-state index contributed by atoms with van der Waals surface area (Å²) in [5.74, 6) is -4.67. The zero-order valence-electron chi connectivity index (χ0n) is 22.0. The van der Waals surface area contributed by atoms with Crippen LogP contribution >= 0.6 is 0 Å². The molecule has 9 nitrogen and oxygen atoms in total. The summed E-state index contributed by atoms with van der Waals surface area (Å²) < 4.78 is 34.7. The van der Waals surface area contributed by atoms with Crippen LogP contribution in [0.5, 0.6) is 5.75 Å². The van der Waals surface area contributed by atoms with Crippen molar-refractivity contribution in [3.05, 3.63) is 30.0 Å². The third kappa shape index (κ3) is 6.14. The van der Waals surface area contributed by atoms with E-state index in [1.807, 2.05) is 0 Å². The average Bonchev–Trinajstić information content (AvgIpc) is 3.45. The molecule has 0 atom stereocenters. The zero-order valence-corrected chi connectivity index (χ0v) is 22.0. The molecule has 5 rings (SSSR count). The molecule has 0 saturated heterocycles. The third-order valence-electron chi connectivity index (χ3n) is 7.37. The van der Waals surface area contributed by atoms with Crippen molar-refractivity contribution in [2.45, 2.75) is 76.2 Å². The number of aromatic nitrogens is 2. The van der Waals surface area contributed by atoms with Gasteiger partial charge in [0.2, 0.25) is 11.9 Å². The number of nitrogens with one attached hydrogen (secondary N) is 1. The molecule has 3 N–H and O–H groups in total. The molecule has 0 spiro atoms. The number of carbonyl (C=O) groups is 2. The Hall–Kier alpha value is -3.50. The lowest BCUT2D eigenvalue weighted by Gasteiger charge is -2.31. The van der Waals surface area contributed by atoms with Gasteiger partial charge in [-0.1, -0.05) is 51.4 Å². The lowest BCUT2D eigenvalue weighted by Crippen LogP contribution is -2.48. The second kappa shape index (κ2) is 11.9. The molecule has 2 aliphatic carbocycles. The maximum Gasteiger partial charge on any atom is 0.342 e. The summed E-state index contributed by atoms with van der Waals surface area (Å²) in [6.45, 7) is -0.735. The maximum absolute atomic E-state index is 14.7. The van der Waals surface area contributed by atoms with Crippen LogP contribution in [0.1, 0.15) is 74.6 Å². The van der Waals surface area contributed by atoms with E-state index in [0.717, 1.165) is 30.6 Å². The van der Waals surface area contributed by atoms with E-state index in [-0.39, 0.29) is 29.1 Å². The van der Waals surface area contributed by atoms with Crippen LogP contribution in [0, 0.1) is 0 Å². The smallest absolute Gasteiger partial charge is 0.342 e. The number of hydrogen-bond donors (Lipinski definition) is 2. The number of nitrogens with zero attached hydrogens (tertiary/aromatic N) is 4. The highest BCUT2D eigenvalue weighted by Gasteiger charge is 2.48. The average molecular weight is 531 g/mol. The van der Waals surface area contributed by atoms with Crippen LogP contribution in [0.3, 0.4) is 0 Å². The molecule has 0 bridgehead atoms. The van der Waals surface area contributed by atoms with E-state index in [0.29, 0.717) is 11.4 Å². The van der Waals surface area contributed by atoms with Gasteiger partial charge in [0.15, 0.2) is 5.82 Å². The van der Waals surface area contributed by atoms with Crippen molar-refractivity contribution in [2.24, 2.45) is 5.73 Å². The van der Waals surface area contributed by atoms with Crippen LogP contribution in [-0.4, -0.2) is 54.4 Å². The number of primary amides is 1. The Kier molecular flexibility index (Phi) is 8.63. The van der Waals surface area contributed by atoms with Gasteiger partial charge in [0, 0.05) is 18.7 Å². The predicted molar refractivity (Wildman–Crippen MR) is 142 cm³/mol. The number of rotatable bonds is 5. The van der Waals surface area contributed by atoms with Gasteiger partial charge in [-0.2, -0.15) is 13.8 Å². The fourth-order valence-electron chi connectivity index (χ4n) is 5.23. The minimum Gasteiger partial charge on any atom is -0.495 e. The normalized spacial score (nSPS) is 19.2. The molecular weight excluding hydrogens is 494 g/mol. The Morgan fingerprint density at radius 2 is 1.74 bits per heavy atom. The summed E-state index contributed by atoms with van der Waals surface area (Å²) in [5, 5.41) is 3.00. The van der Waals surface area contributed by atoms with Crippen molar-refractivity contribution in [3.63, 3.8) is 0 Å². The molecule has 1 aromatic carbocycles. The first-order chi connectivity index (χ1) is 18.2. The lowest BCUT2D eigenvalue weighted by molar-refractivity contribution is -0.140. The molecular formula is C27H36F2N6O3. The van der Waals surface area contributed by atoms with Gasteiger partial charge in [0.05, 0.1) is 25.5 Å². The number of amides is 2. The van der Waals surface area contributed by atoms with Gasteiger partial charge in [0.25, 0.3) is 5.91 Å². The van der Waals surface area contributed by atoms with E-state index in [4.69, 9.17) is 10.5 Å². The fourth-order valence-corrected chi connectivity index (χ4v) is 5.23. The van der Waals surface area contributed by atoms with Gasteiger partial charge in [-0.3, -0.25) is 9.59 Å². The van der Waals surface area contributed by atoms with E-state index in [2.05, 4.69) is 15.3 Å². The molecule has 1 aliphatic heterocycles. The first-order valence-corrected chi connectivity index (χ1v) is 13.3. The number of anilines is 4. The number of methoxy groups -OCH3 is 1. The van der Waals surface area contributed by atoms with Crippen LogP contribution < -0.4 is 25.6 Å². The zero-order chi connectivity index (χ0) is 27.3. The van der Waals surface area contributed by atoms with E-state index in [1.165, 1.54) is 75.9 Å². The van der Waals surface area contributed by atoms with Gasteiger partial charge in [0.1, 0.15) is 11.4 Å². The largest absolute Gasteiger partial charge is 0.495 e. The number of ether oxygens (including phenoxy) is 1. The Bertz CT molecular complexity index is 1140. The number of nitrogens with two attached hydrogens (primary N) is 1. The molecule has 2 aromatic rings. The van der Waals surface area contributed by atoms with Crippen molar-refractivity contribution in [1.29, 1.82) is 0 Å². The molecule has 2 fully saturated rings. The number of alkyl halides is 2. The summed E-state index contributed by atoms with van der Waals surface area (Å²) in [6.07, 6.45) is 13.7. The molecule has 2 saturated carbocycles. The van der Waals surface area contributed by atoms with Gasteiger partial charge >= 0.3 is 5.92 Å². The number of hydrogen-bond acceptors (Lipinski definition) is 7. The molecule has 3 aliphatic rings. The Morgan fingerprint density at radius 1 is 1.11 bits per heavy atom. The second-order valence-corrected chi connectivity index (χ2v) is 10.1. The summed E-state index contributed by atoms with van der Waals surface area (Å²) in [7, 11) is 2.74. The van der Waals surface area contributed by atoms with Crippen molar-refractivity contribution in [2.75, 3.05) is 35.8 Å². The van der Waals surface area contributed by atoms with Crippen LogP contribution in [0.2, 0.25) is 0 Å². The number of carbonyl (C=O) groups excluding carboxylic acids is 2. The van der Waals surface area contributed by atoms with E-state index >= 15 is 0 Å². The fraction of sp³-hybridized carbons (Fsp3) is 0.556. The molecule has 38 heavy (non-hydrogen) atoms. The summed E-state index contributed by atoms with van der Waals surface area (Å²) in [6, 6.07) is 4.46. The first kappa shape index (κ1) is 27.5. The minimum absolute atomic E-state index is 0.133. The van der Waals surface area contributed by atoms with Crippen LogP contribution in [-0.2, 0) is 4.79 Å². The number of halogens is 2. The first-order valence-electron chi connectivity index (χ1n) is 13.3. The quantitative estimate of drug-likeness (QED) is 0.557. The molecule has 0 unspecified atom stereocenters. The van der Waals surface area contributed by atoms with Crippen molar-refractivity contribution >= 4 is 35.0 Å². The topological polar surface area (TPSA) is 114 Å². The van der Waals surface area contributed by atoms with Gasteiger partial charge in [-0.15, -0.1) is 0 Å². The molecule has 1 aromatic heterocycles. The maximum atomic E-state index is 14.7. The van der Waals surface area contributed by atoms with E-state index in [9.17, 15) is 18.4 Å². The highest BCUT2D eigenvalue weighted by molar-refractivity contribution is 6.02. The number of fused-ring (bicyclic) bond motifs is 1. The standard InChI is InChI=1S/C21H24F2N6O3.C6H12/c1-28-15-10-25-20(26-14-8-7-12(17(24)30)9-16(14)32-2)27-18(15)29(13-5-3-4-6-13)11-21(22,23)19(28)31;1-2-4-6-5-3-1/h7-10,13H,3-6,11H2,1-2H3,(H2,24,30)(H,25,26,27);1-6H2. The van der Waals surface area contributed by atoms with Gasteiger partial charge in [-0.25, -0.2) is 4.98 Å². The Morgan fingerprint density at radius 3 is 2.32 bits per heavy atom. The molecule has 0 radical (unpaired) electrons. The van der Waals surface area contributed by atoms with Crippen LogP contribution in [0.15, 0.2) is 24.4 Å². The van der Waals surface area contributed by atoms with Crippen LogP contribution in [0.4, 0.5) is 31.9 Å². The molecule has 206 valence electrons. The van der Waals surface area contributed by atoms with Crippen molar-refractivity contribution in [1.82, 2.24) is 9.97 Å². The number of benzene rings is 1. The third-order valence-corrected chi connectivity index (χ3v) is 7.37. The summed E-state index contributed by atoms with van der Waals surface area (Å²) >= 11 is 0. The van der Waals surface area contributed by atoms with Gasteiger partial charge < -0.3 is 25.6 Å². The molecule has 11 heteroatoms. The Balaban J connectivity index is 0.000000494. The monoisotopic (exact) mass is 530 g/mol. The summed E-state index contributed by atoms with van der Waals surface area (Å²) in [4.78, 5) is 35.0. The lowest BCUT2D eigenvalue weighted by atomic mass is 10.0. The van der Waals surface area contributed by atoms with Crippen molar-refractivity contribution in [3.8, 4) is 5.75 Å². The van der Waals surface area contributed by atoms with E-state index in [1.54, 1.807) is 6.07 Å². The molecule has 2 heterocycles. The van der Waals surface area contributed by atoms with Crippen LogP contribution in [0.25, 0.3) is 0 Å². The highest BCUT2D eigenvalue weighted by Crippen LogP contribution is 2.40. The second-order valence-electron chi connectivity index (χ2n) is 10.1. The predicted octanol–water partition coefficient (Wildman–Crippen LogP) is 5.03. The van der Waals surface area contributed by atoms with E-state index < -0.39 is 24.3 Å². The van der Waals surface area contributed by atoms with Gasteiger partial charge in [-0.05, 0) is 31.0 Å². The summed E-state index contributed by atoms with van der Waals surface area (Å²) in [5.41, 5.74) is 6.27. The molecule has 2 amide bonds. The minimum atomic E-state index is -3.54. The SMILES string of the molecule is C1CCCCC1.COc1cc(C(N)=O)ccc1Nc1ncc2c(n1)N(C1CCCC1)CC(F)(F)C(=O)N2C.